The number of benzene rings is 1. The number of hydrogen-bond donors (Lipinski definition) is 2. The van der Waals surface area contributed by atoms with Crippen molar-refractivity contribution in [3.05, 3.63) is 34.1 Å². The number of aromatic amines is 1. The summed E-state index contributed by atoms with van der Waals surface area (Å²) in [7, 11) is 0. The van der Waals surface area contributed by atoms with E-state index in [0.29, 0.717) is 0 Å². The highest BCUT2D eigenvalue weighted by Gasteiger charge is 2.08. The van der Waals surface area contributed by atoms with E-state index < -0.39 is 0 Å². The highest BCUT2D eigenvalue weighted by molar-refractivity contribution is 9.10. The van der Waals surface area contributed by atoms with Crippen LogP contribution in [0, 0.1) is 6.92 Å². The first-order valence-corrected chi connectivity index (χ1v) is 6.79. The van der Waals surface area contributed by atoms with Crippen molar-refractivity contribution in [2.24, 2.45) is 5.73 Å². The molecule has 4 nitrogen and oxygen atoms in total. The van der Waals surface area contributed by atoms with E-state index in [1.54, 1.807) is 0 Å². The summed E-state index contributed by atoms with van der Waals surface area (Å²) in [6.45, 7) is 3.85. The van der Waals surface area contributed by atoms with Crippen LogP contribution in [-0.4, -0.2) is 15.2 Å². The highest BCUT2D eigenvalue weighted by Crippen LogP contribution is 2.32. The smallest absolute Gasteiger partial charge is 0.213 e. The number of nitrogens with two attached hydrogens (primary N) is 1. The van der Waals surface area contributed by atoms with Crippen molar-refractivity contribution in [2.75, 3.05) is 0 Å². The minimum atomic E-state index is 0.0381. The maximum Gasteiger partial charge on any atom is 0.213 e. The Kier molecular flexibility index (Phi) is 3.86. The maximum atomic E-state index is 5.83. The number of halogens is 1. The van der Waals surface area contributed by atoms with Gasteiger partial charge in [-0.1, -0.05) is 6.07 Å². The molecule has 0 saturated heterocycles. The standard InChI is InChI=1S/C11H13BrN4S/c1-6(13)8-3-4-10(9(12)5-8)17-11-14-7(2)15-16-11/h3-6H,13H2,1-2H3,(H,14,15,16). The lowest BCUT2D eigenvalue weighted by atomic mass is 10.1. The Bertz CT molecular complexity index is 524. The predicted molar refractivity (Wildman–Crippen MR) is 72.0 cm³/mol. The van der Waals surface area contributed by atoms with Gasteiger partial charge in [0.1, 0.15) is 5.82 Å². The lowest BCUT2D eigenvalue weighted by Gasteiger charge is -2.08. The van der Waals surface area contributed by atoms with E-state index in [2.05, 4.69) is 31.1 Å². The van der Waals surface area contributed by atoms with Gasteiger partial charge in [-0.25, -0.2) is 4.98 Å². The molecule has 0 radical (unpaired) electrons. The molecule has 1 unspecified atom stereocenters. The third kappa shape index (κ3) is 3.08. The Balaban J connectivity index is 2.22. The molecular formula is C11H13BrN4S. The summed E-state index contributed by atoms with van der Waals surface area (Å²) in [5.74, 6) is 0.816. The molecule has 3 N–H and O–H groups in total. The van der Waals surface area contributed by atoms with Crippen LogP contribution >= 0.6 is 27.7 Å². The zero-order valence-electron chi connectivity index (χ0n) is 9.57. The molecule has 1 atom stereocenters. The molecule has 0 saturated carbocycles. The molecule has 0 aliphatic heterocycles. The Morgan fingerprint density at radius 2 is 2.24 bits per heavy atom. The fourth-order valence-corrected chi connectivity index (χ4v) is 2.75. The van der Waals surface area contributed by atoms with Crippen LogP contribution in [0.5, 0.6) is 0 Å². The highest BCUT2D eigenvalue weighted by atomic mass is 79.9. The second kappa shape index (κ2) is 5.20. The molecule has 0 amide bonds. The second-order valence-corrected chi connectivity index (χ2v) is 5.65. The van der Waals surface area contributed by atoms with Crippen molar-refractivity contribution in [2.45, 2.75) is 29.9 Å². The quantitative estimate of drug-likeness (QED) is 0.914. The van der Waals surface area contributed by atoms with Gasteiger partial charge in [-0.05, 0) is 59.2 Å². The summed E-state index contributed by atoms with van der Waals surface area (Å²) in [6, 6.07) is 6.12. The molecule has 0 bridgehead atoms. The van der Waals surface area contributed by atoms with Crippen LogP contribution in [0.3, 0.4) is 0 Å². The normalized spacial score (nSPS) is 12.7. The summed E-state index contributed by atoms with van der Waals surface area (Å²) in [5, 5.41) is 7.63. The van der Waals surface area contributed by atoms with E-state index in [1.165, 1.54) is 11.8 Å². The molecule has 17 heavy (non-hydrogen) atoms. The molecule has 1 aromatic carbocycles. The van der Waals surface area contributed by atoms with E-state index in [1.807, 2.05) is 32.0 Å². The monoisotopic (exact) mass is 312 g/mol. The van der Waals surface area contributed by atoms with Crippen LogP contribution in [0.1, 0.15) is 24.4 Å². The van der Waals surface area contributed by atoms with Crippen LogP contribution < -0.4 is 5.73 Å². The molecule has 0 fully saturated rings. The van der Waals surface area contributed by atoms with Gasteiger partial charge in [0.25, 0.3) is 0 Å². The van der Waals surface area contributed by atoms with Crippen molar-refractivity contribution in [3.8, 4) is 0 Å². The van der Waals surface area contributed by atoms with Crippen molar-refractivity contribution < 1.29 is 0 Å². The number of rotatable bonds is 3. The van der Waals surface area contributed by atoms with E-state index in [9.17, 15) is 0 Å². The number of aryl methyl sites for hydroxylation is 1. The summed E-state index contributed by atoms with van der Waals surface area (Å²) in [5.41, 5.74) is 6.94. The number of nitrogens with zero attached hydrogens (tertiary/aromatic N) is 2. The first kappa shape index (κ1) is 12.6. The van der Waals surface area contributed by atoms with Gasteiger partial charge in [-0.15, -0.1) is 5.10 Å². The van der Waals surface area contributed by atoms with Crippen molar-refractivity contribution in [1.82, 2.24) is 15.2 Å². The number of hydrogen-bond acceptors (Lipinski definition) is 4. The summed E-state index contributed by atoms with van der Waals surface area (Å²) in [4.78, 5) is 5.33. The minimum Gasteiger partial charge on any atom is -0.324 e. The molecule has 2 rings (SSSR count). The van der Waals surface area contributed by atoms with E-state index >= 15 is 0 Å². The molecule has 0 spiro atoms. The van der Waals surface area contributed by atoms with Crippen molar-refractivity contribution in [3.63, 3.8) is 0 Å². The van der Waals surface area contributed by atoms with E-state index in [0.717, 1.165) is 25.9 Å². The van der Waals surface area contributed by atoms with Crippen molar-refractivity contribution in [1.29, 1.82) is 0 Å². The molecule has 6 heteroatoms. The predicted octanol–water partition coefficient (Wildman–Crippen LogP) is 3.05. The average Bonchev–Trinajstić information content (AvgIpc) is 2.67. The van der Waals surface area contributed by atoms with Crippen LogP contribution in [0.2, 0.25) is 0 Å². The Labute approximate surface area is 113 Å². The van der Waals surface area contributed by atoms with Gasteiger partial charge < -0.3 is 5.73 Å². The Hall–Kier alpha value is -0.850. The van der Waals surface area contributed by atoms with Crippen LogP contribution in [0.4, 0.5) is 0 Å². The summed E-state index contributed by atoms with van der Waals surface area (Å²) >= 11 is 5.05. The number of H-pyrrole nitrogens is 1. The largest absolute Gasteiger partial charge is 0.324 e. The van der Waals surface area contributed by atoms with Gasteiger partial charge in [0, 0.05) is 15.4 Å². The zero-order chi connectivity index (χ0) is 12.4. The second-order valence-electron chi connectivity index (χ2n) is 3.78. The zero-order valence-corrected chi connectivity index (χ0v) is 12.0. The van der Waals surface area contributed by atoms with E-state index in [-0.39, 0.29) is 6.04 Å². The SMILES string of the molecule is Cc1nc(Sc2ccc(C(C)N)cc2Br)n[nH]1. The maximum absolute atomic E-state index is 5.83. The molecule has 0 aliphatic carbocycles. The molecular weight excluding hydrogens is 300 g/mol. The van der Waals surface area contributed by atoms with Gasteiger partial charge in [-0.2, -0.15) is 0 Å². The third-order valence-electron chi connectivity index (χ3n) is 2.26. The average molecular weight is 313 g/mol. The molecule has 1 heterocycles. The van der Waals surface area contributed by atoms with Gasteiger partial charge in [0.15, 0.2) is 0 Å². The summed E-state index contributed by atoms with van der Waals surface area (Å²) < 4.78 is 1.01. The Morgan fingerprint density at radius 3 is 2.76 bits per heavy atom. The van der Waals surface area contributed by atoms with Crippen LogP contribution in [-0.2, 0) is 0 Å². The Morgan fingerprint density at radius 1 is 1.47 bits per heavy atom. The van der Waals surface area contributed by atoms with Crippen LogP contribution in [0.25, 0.3) is 0 Å². The fourth-order valence-electron chi connectivity index (χ4n) is 1.35. The van der Waals surface area contributed by atoms with E-state index in [4.69, 9.17) is 5.73 Å². The lowest BCUT2D eigenvalue weighted by Crippen LogP contribution is -2.04. The third-order valence-corrected chi connectivity index (χ3v) is 4.12. The minimum absolute atomic E-state index is 0.0381. The molecule has 0 aliphatic rings. The molecule has 90 valence electrons. The van der Waals surface area contributed by atoms with Gasteiger partial charge in [0.05, 0.1) is 0 Å². The van der Waals surface area contributed by atoms with Crippen molar-refractivity contribution >= 4 is 27.7 Å². The first-order chi connectivity index (χ1) is 8.06. The molecule has 2 aromatic rings. The summed E-state index contributed by atoms with van der Waals surface area (Å²) in [6.07, 6.45) is 0. The first-order valence-electron chi connectivity index (χ1n) is 5.18. The molecule has 1 aromatic heterocycles. The van der Waals surface area contributed by atoms with Crippen LogP contribution in [0.15, 0.2) is 32.7 Å². The lowest BCUT2D eigenvalue weighted by molar-refractivity contribution is 0.815. The topological polar surface area (TPSA) is 67.6 Å². The van der Waals surface area contributed by atoms with Gasteiger partial charge in [0.2, 0.25) is 5.16 Å². The van der Waals surface area contributed by atoms with Gasteiger partial charge >= 0.3 is 0 Å². The number of aromatic nitrogens is 3. The van der Waals surface area contributed by atoms with Gasteiger partial charge in [-0.3, -0.25) is 5.10 Å². The fraction of sp³-hybridized carbons (Fsp3) is 0.273. The number of nitrogens with one attached hydrogen (secondary N) is 1.